The average molecular weight is 375 g/mol. The third kappa shape index (κ3) is 4.22. The third-order valence-electron chi connectivity index (χ3n) is 4.82. The lowest BCUT2D eigenvalue weighted by Gasteiger charge is -2.36. The van der Waals surface area contributed by atoms with Crippen LogP contribution in [0, 0.1) is 6.92 Å². The number of carbonyl (C=O) groups excluding carboxylic acids is 1. The number of pyridine rings is 1. The Labute approximate surface area is 158 Å². The summed E-state index contributed by atoms with van der Waals surface area (Å²) in [7, 11) is 1.58. The van der Waals surface area contributed by atoms with E-state index in [4.69, 9.17) is 9.72 Å². The zero-order chi connectivity index (χ0) is 18.7. The number of ether oxygens (including phenoxy) is 1. The predicted molar refractivity (Wildman–Crippen MR) is 104 cm³/mol. The van der Waals surface area contributed by atoms with Crippen LogP contribution in [0.2, 0.25) is 0 Å². The van der Waals surface area contributed by atoms with Crippen molar-refractivity contribution in [1.82, 2.24) is 14.9 Å². The average Bonchev–Trinajstić information content (AvgIpc) is 3.11. The maximum Gasteiger partial charge on any atom is 0.254 e. The molecule has 0 bridgehead atoms. The van der Waals surface area contributed by atoms with Crippen LogP contribution in [0.1, 0.15) is 43.9 Å². The normalized spacial score (nSPS) is 18.0. The molecule has 3 rings (SSSR count). The number of thiazole rings is 1. The molecule has 0 aliphatic carbocycles. The van der Waals surface area contributed by atoms with Crippen LogP contribution >= 0.6 is 11.3 Å². The first-order valence-corrected chi connectivity index (χ1v) is 9.76. The van der Waals surface area contributed by atoms with E-state index < -0.39 is 5.60 Å². The van der Waals surface area contributed by atoms with Gasteiger partial charge in [0.1, 0.15) is 11.4 Å². The number of aromatic nitrogens is 2. The highest BCUT2D eigenvalue weighted by molar-refractivity contribution is 7.13. The molecule has 140 valence electrons. The molecule has 1 atom stereocenters. The van der Waals surface area contributed by atoms with Crippen LogP contribution in [0.3, 0.4) is 0 Å². The van der Waals surface area contributed by atoms with Crippen molar-refractivity contribution in [2.75, 3.05) is 25.5 Å². The number of rotatable bonds is 5. The summed E-state index contributed by atoms with van der Waals surface area (Å²) in [6.45, 7) is 7.12. The SMILES string of the molecule is COC(C)(C)C(=O)N1CCCC(c2csc(Nc3ccc(C)cn3)n2)C1. The van der Waals surface area contributed by atoms with Crippen LogP contribution in [-0.4, -0.2) is 46.6 Å². The van der Waals surface area contributed by atoms with Gasteiger partial charge in [-0.15, -0.1) is 11.3 Å². The number of nitrogens with zero attached hydrogens (tertiary/aromatic N) is 3. The first kappa shape index (κ1) is 18.8. The van der Waals surface area contributed by atoms with Crippen LogP contribution in [0.4, 0.5) is 10.9 Å². The van der Waals surface area contributed by atoms with Gasteiger partial charge in [-0.2, -0.15) is 0 Å². The molecule has 6 nitrogen and oxygen atoms in total. The lowest BCUT2D eigenvalue weighted by molar-refractivity contribution is -0.152. The molecule has 1 aliphatic heterocycles. The second-order valence-electron chi connectivity index (χ2n) is 7.23. The fraction of sp³-hybridized carbons (Fsp3) is 0.526. The van der Waals surface area contributed by atoms with Crippen LogP contribution in [0.15, 0.2) is 23.7 Å². The Balaban J connectivity index is 1.66. The largest absolute Gasteiger partial charge is 0.369 e. The van der Waals surface area contributed by atoms with Gasteiger partial charge in [-0.25, -0.2) is 9.97 Å². The second-order valence-corrected chi connectivity index (χ2v) is 8.09. The van der Waals surface area contributed by atoms with E-state index in [1.165, 1.54) is 0 Å². The van der Waals surface area contributed by atoms with Gasteiger partial charge < -0.3 is 15.0 Å². The molecule has 0 aromatic carbocycles. The zero-order valence-electron chi connectivity index (χ0n) is 15.8. The van der Waals surface area contributed by atoms with E-state index in [-0.39, 0.29) is 11.8 Å². The summed E-state index contributed by atoms with van der Waals surface area (Å²) in [6.07, 6.45) is 3.86. The molecule has 1 unspecified atom stereocenters. The summed E-state index contributed by atoms with van der Waals surface area (Å²) >= 11 is 1.57. The number of carbonyl (C=O) groups is 1. The number of amides is 1. The lowest BCUT2D eigenvalue weighted by atomic mass is 9.94. The van der Waals surface area contributed by atoms with Crippen LogP contribution in [0.5, 0.6) is 0 Å². The summed E-state index contributed by atoms with van der Waals surface area (Å²) in [5.41, 5.74) is 1.38. The molecule has 1 saturated heterocycles. The van der Waals surface area contributed by atoms with Gasteiger partial charge in [0.15, 0.2) is 5.13 Å². The minimum absolute atomic E-state index is 0.0436. The van der Waals surface area contributed by atoms with Gasteiger partial charge in [0.2, 0.25) is 0 Å². The molecular formula is C19H26N4O2S. The van der Waals surface area contributed by atoms with Crippen molar-refractivity contribution in [2.45, 2.75) is 45.1 Å². The van der Waals surface area contributed by atoms with Crippen molar-refractivity contribution < 1.29 is 9.53 Å². The van der Waals surface area contributed by atoms with Crippen LogP contribution in [0.25, 0.3) is 0 Å². The number of methoxy groups -OCH3 is 1. The van der Waals surface area contributed by atoms with Crippen molar-refractivity contribution in [2.24, 2.45) is 0 Å². The lowest BCUT2D eigenvalue weighted by Crippen LogP contribution is -2.49. The van der Waals surface area contributed by atoms with Gasteiger partial charge in [-0.3, -0.25) is 4.79 Å². The summed E-state index contributed by atoms with van der Waals surface area (Å²) in [4.78, 5) is 23.7. The molecule has 1 amide bonds. The summed E-state index contributed by atoms with van der Waals surface area (Å²) in [6, 6.07) is 3.97. The topological polar surface area (TPSA) is 67.3 Å². The van der Waals surface area contributed by atoms with E-state index in [2.05, 4.69) is 15.7 Å². The molecule has 2 aromatic heterocycles. The molecule has 1 aliphatic rings. The van der Waals surface area contributed by atoms with Crippen molar-refractivity contribution >= 4 is 28.2 Å². The molecule has 0 spiro atoms. The molecule has 0 radical (unpaired) electrons. The maximum absolute atomic E-state index is 12.7. The molecule has 2 aromatic rings. The van der Waals surface area contributed by atoms with Crippen molar-refractivity contribution in [3.05, 3.63) is 35.0 Å². The number of aryl methyl sites for hydroxylation is 1. The monoisotopic (exact) mass is 374 g/mol. The Morgan fingerprint density at radius 2 is 2.23 bits per heavy atom. The molecule has 1 N–H and O–H groups in total. The highest BCUT2D eigenvalue weighted by Crippen LogP contribution is 2.31. The number of hydrogen-bond donors (Lipinski definition) is 1. The Morgan fingerprint density at radius 3 is 2.92 bits per heavy atom. The Morgan fingerprint density at radius 1 is 1.42 bits per heavy atom. The van der Waals surface area contributed by atoms with E-state index >= 15 is 0 Å². The molecule has 0 saturated carbocycles. The Hall–Kier alpha value is -1.99. The van der Waals surface area contributed by atoms with E-state index in [0.29, 0.717) is 6.54 Å². The van der Waals surface area contributed by atoms with E-state index in [1.54, 1.807) is 18.4 Å². The Kier molecular flexibility index (Phi) is 5.58. The predicted octanol–water partition coefficient (Wildman–Crippen LogP) is 3.72. The van der Waals surface area contributed by atoms with Gasteiger partial charge in [0.25, 0.3) is 5.91 Å². The van der Waals surface area contributed by atoms with Gasteiger partial charge >= 0.3 is 0 Å². The van der Waals surface area contributed by atoms with Crippen molar-refractivity contribution in [1.29, 1.82) is 0 Å². The van der Waals surface area contributed by atoms with Crippen molar-refractivity contribution in [3.63, 3.8) is 0 Å². The smallest absolute Gasteiger partial charge is 0.254 e. The second kappa shape index (κ2) is 7.72. The van der Waals surface area contributed by atoms with Gasteiger partial charge in [0.05, 0.1) is 5.69 Å². The number of piperidine rings is 1. The third-order valence-corrected chi connectivity index (χ3v) is 5.60. The van der Waals surface area contributed by atoms with Gasteiger partial charge in [-0.05, 0) is 45.2 Å². The fourth-order valence-electron chi connectivity index (χ4n) is 3.05. The number of nitrogens with one attached hydrogen (secondary N) is 1. The quantitative estimate of drug-likeness (QED) is 0.864. The number of hydrogen-bond acceptors (Lipinski definition) is 6. The van der Waals surface area contributed by atoms with Gasteiger partial charge in [0, 0.05) is 37.7 Å². The minimum atomic E-state index is -0.784. The first-order valence-electron chi connectivity index (χ1n) is 8.88. The Bertz CT molecular complexity index is 757. The summed E-state index contributed by atoms with van der Waals surface area (Å²) in [5, 5.41) is 6.16. The van der Waals surface area contributed by atoms with Crippen LogP contribution < -0.4 is 5.32 Å². The van der Waals surface area contributed by atoms with Crippen LogP contribution in [-0.2, 0) is 9.53 Å². The van der Waals surface area contributed by atoms with E-state index in [9.17, 15) is 4.79 Å². The van der Waals surface area contributed by atoms with Crippen molar-refractivity contribution in [3.8, 4) is 0 Å². The standard InChI is InChI=1S/C19H26N4O2S/c1-13-7-8-16(20-10-13)22-18-21-15(12-26-18)14-6-5-9-23(11-14)17(24)19(2,3)25-4/h7-8,10,12,14H,5-6,9,11H2,1-4H3,(H,20,21,22). The molecule has 3 heterocycles. The highest BCUT2D eigenvalue weighted by Gasteiger charge is 2.35. The first-order chi connectivity index (χ1) is 12.4. The highest BCUT2D eigenvalue weighted by atomic mass is 32.1. The van der Waals surface area contributed by atoms with Gasteiger partial charge in [-0.1, -0.05) is 6.07 Å². The molecule has 7 heteroatoms. The van der Waals surface area contributed by atoms with E-state index in [0.717, 1.165) is 41.6 Å². The zero-order valence-corrected chi connectivity index (χ0v) is 16.6. The molecule has 1 fully saturated rings. The fourth-order valence-corrected chi connectivity index (χ4v) is 3.85. The minimum Gasteiger partial charge on any atom is -0.369 e. The molecular weight excluding hydrogens is 348 g/mol. The maximum atomic E-state index is 12.7. The summed E-state index contributed by atoms with van der Waals surface area (Å²) < 4.78 is 5.35. The van der Waals surface area contributed by atoms with E-state index in [1.807, 2.05) is 44.0 Å². The number of anilines is 2. The number of likely N-dealkylation sites (tertiary alicyclic amines) is 1. The molecule has 26 heavy (non-hydrogen) atoms. The summed E-state index contributed by atoms with van der Waals surface area (Å²) in [5.74, 6) is 1.10.